The predicted molar refractivity (Wildman–Crippen MR) is 139 cm³/mol. The van der Waals surface area contributed by atoms with Gasteiger partial charge in [-0.25, -0.2) is 4.79 Å². The molecule has 0 radical (unpaired) electrons. The van der Waals surface area contributed by atoms with Crippen LogP contribution < -0.4 is 10.6 Å². The number of fused-ring (bicyclic) bond motifs is 1. The van der Waals surface area contributed by atoms with Gasteiger partial charge in [-0.2, -0.15) is 10.4 Å². The summed E-state index contributed by atoms with van der Waals surface area (Å²) in [6.45, 7) is 4.61. The second-order valence-corrected chi connectivity index (χ2v) is 10.5. The molecule has 0 spiro atoms. The summed E-state index contributed by atoms with van der Waals surface area (Å²) in [5.74, 6) is 0.165. The van der Waals surface area contributed by atoms with E-state index in [1.54, 1.807) is 4.68 Å². The van der Waals surface area contributed by atoms with Crippen molar-refractivity contribution >= 4 is 28.3 Å². The third kappa shape index (κ3) is 6.13. The van der Waals surface area contributed by atoms with Crippen molar-refractivity contribution in [2.75, 3.05) is 11.9 Å². The molecule has 3 aromatic rings. The van der Waals surface area contributed by atoms with E-state index in [1.807, 2.05) is 57.4 Å². The zero-order valence-electron chi connectivity index (χ0n) is 20.8. The van der Waals surface area contributed by atoms with Gasteiger partial charge in [0, 0.05) is 36.7 Å². The quantitative estimate of drug-likeness (QED) is 0.456. The van der Waals surface area contributed by atoms with Gasteiger partial charge >= 0.3 is 6.09 Å². The maximum Gasteiger partial charge on any atom is 0.407 e. The SMILES string of the molecule is Cc1nn(C)cc1CNC(=O)OCC1CCc2c(sc(NC(=O)CC(C)c3ccccc3)c2C#N)C1. The first-order valence-electron chi connectivity index (χ1n) is 12.1. The van der Waals surface area contributed by atoms with Crippen LogP contribution in [0.15, 0.2) is 36.5 Å². The molecule has 4 rings (SSSR count). The van der Waals surface area contributed by atoms with Crippen molar-refractivity contribution in [3.05, 3.63) is 69.4 Å². The molecule has 0 aliphatic heterocycles. The summed E-state index contributed by atoms with van der Waals surface area (Å²) < 4.78 is 7.19. The first-order valence-corrected chi connectivity index (χ1v) is 12.9. The van der Waals surface area contributed by atoms with E-state index in [0.717, 1.165) is 46.5 Å². The zero-order chi connectivity index (χ0) is 25.7. The number of nitriles is 1. The van der Waals surface area contributed by atoms with Crippen molar-refractivity contribution in [2.45, 2.75) is 52.0 Å². The Balaban J connectivity index is 1.30. The zero-order valence-corrected chi connectivity index (χ0v) is 21.7. The first-order chi connectivity index (χ1) is 17.3. The number of benzene rings is 1. The van der Waals surface area contributed by atoms with Gasteiger partial charge in [0.2, 0.25) is 5.91 Å². The van der Waals surface area contributed by atoms with Crippen molar-refractivity contribution in [3.63, 3.8) is 0 Å². The van der Waals surface area contributed by atoms with E-state index < -0.39 is 6.09 Å². The lowest BCUT2D eigenvalue weighted by molar-refractivity contribution is -0.116. The Morgan fingerprint density at radius 1 is 1.33 bits per heavy atom. The van der Waals surface area contributed by atoms with Crippen LogP contribution in [-0.4, -0.2) is 28.4 Å². The third-order valence-corrected chi connectivity index (χ3v) is 7.75. The van der Waals surface area contributed by atoms with Crippen molar-refractivity contribution < 1.29 is 14.3 Å². The maximum absolute atomic E-state index is 12.7. The minimum atomic E-state index is -0.451. The molecule has 2 atom stereocenters. The Morgan fingerprint density at radius 2 is 2.11 bits per heavy atom. The van der Waals surface area contributed by atoms with Gasteiger partial charge in [0.05, 0.1) is 17.9 Å². The van der Waals surface area contributed by atoms with Crippen molar-refractivity contribution in [1.29, 1.82) is 5.26 Å². The number of hydrogen-bond donors (Lipinski definition) is 2. The van der Waals surface area contributed by atoms with Crippen LogP contribution in [0.5, 0.6) is 0 Å². The number of nitrogens with one attached hydrogen (secondary N) is 2. The van der Waals surface area contributed by atoms with E-state index in [1.165, 1.54) is 11.3 Å². The number of nitrogens with zero attached hydrogens (tertiary/aromatic N) is 3. The highest BCUT2D eigenvalue weighted by molar-refractivity contribution is 7.16. The molecule has 8 nitrogen and oxygen atoms in total. The first kappa shape index (κ1) is 25.5. The molecule has 188 valence electrons. The molecule has 2 aromatic heterocycles. The minimum Gasteiger partial charge on any atom is -0.449 e. The molecule has 1 aliphatic rings. The Labute approximate surface area is 215 Å². The van der Waals surface area contributed by atoms with Gasteiger partial charge in [-0.15, -0.1) is 11.3 Å². The van der Waals surface area contributed by atoms with E-state index in [2.05, 4.69) is 21.8 Å². The van der Waals surface area contributed by atoms with E-state index in [-0.39, 0.29) is 17.7 Å². The molecule has 2 heterocycles. The highest BCUT2D eigenvalue weighted by Crippen LogP contribution is 2.39. The van der Waals surface area contributed by atoms with Gasteiger partial charge in [0.15, 0.2) is 0 Å². The summed E-state index contributed by atoms with van der Waals surface area (Å²) in [5, 5.41) is 20.4. The lowest BCUT2D eigenvalue weighted by Crippen LogP contribution is -2.27. The van der Waals surface area contributed by atoms with Gasteiger partial charge in [-0.3, -0.25) is 9.48 Å². The molecule has 0 bridgehead atoms. The Bertz CT molecular complexity index is 1270. The third-order valence-electron chi connectivity index (χ3n) is 6.58. The number of rotatable bonds is 8. The average molecular weight is 506 g/mol. The fourth-order valence-corrected chi connectivity index (χ4v) is 5.92. The summed E-state index contributed by atoms with van der Waals surface area (Å²) in [7, 11) is 1.84. The average Bonchev–Trinajstić information content (AvgIpc) is 3.38. The summed E-state index contributed by atoms with van der Waals surface area (Å²) in [6.07, 6.45) is 4.05. The van der Waals surface area contributed by atoms with Crippen molar-refractivity contribution in [1.82, 2.24) is 15.1 Å². The van der Waals surface area contributed by atoms with E-state index in [0.29, 0.717) is 30.1 Å². The van der Waals surface area contributed by atoms with Crippen LogP contribution in [0.3, 0.4) is 0 Å². The summed E-state index contributed by atoms with van der Waals surface area (Å²) in [6, 6.07) is 12.2. The monoisotopic (exact) mass is 505 g/mol. The summed E-state index contributed by atoms with van der Waals surface area (Å²) >= 11 is 1.47. The lowest BCUT2D eigenvalue weighted by Gasteiger charge is -2.21. The van der Waals surface area contributed by atoms with Gasteiger partial charge in [0.25, 0.3) is 0 Å². The lowest BCUT2D eigenvalue weighted by atomic mass is 9.88. The number of aryl methyl sites for hydroxylation is 2. The maximum atomic E-state index is 12.7. The molecule has 1 aliphatic carbocycles. The highest BCUT2D eigenvalue weighted by atomic mass is 32.1. The topological polar surface area (TPSA) is 109 Å². The number of carbonyl (C=O) groups is 2. The fourth-order valence-electron chi connectivity index (χ4n) is 4.59. The van der Waals surface area contributed by atoms with Gasteiger partial charge in [-0.1, -0.05) is 37.3 Å². The molecule has 0 saturated heterocycles. The smallest absolute Gasteiger partial charge is 0.407 e. The number of aromatic nitrogens is 2. The van der Waals surface area contributed by atoms with E-state index in [9.17, 15) is 14.9 Å². The molecule has 1 aromatic carbocycles. The van der Waals surface area contributed by atoms with E-state index in [4.69, 9.17) is 4.74 Å². The van der Waals surface area contributed by atoms with Crippen LogP contribution in [0, 0.1) is 24.2 Å². The number of thiophene rings is 1. The van der Waals surface area contributed by atoms with Crippen LogP contribution >= 0.6 is 11.3 Å². The van der Waals surface area contributed by atoms with Gasteiger partial charge in [-0.05, 0) is 49.1 Å². The second-order valence-electron chi connectivity index (χ2n) is 9.36. The Hall–Kier alpha value is -3.64. The van der Waals surface area contributed by atoms with Gasteiger partial charge in [0.1, 0.15) is 11.1 Å². The molecule has 36 heavy (non-hydrogen) atoms. The molecule has 2 unspecified atom stereocenters. The van der Waals surface area contributed by atoms with Crippen LogP contribution in [0.25, 0.3) is 0 Å². The molecule has 2 N–H and O–H groups in total. The van der Waals surface area contributed by atoms with Crippen LogP contribution in [0.1, 0.15) is 58.5 Å². The number of ether oxygens (including phenoxy) is 1. The Morgan fingerprint density at radius 3 is 2.81 bits per heavy atom. The second kappa shape index (κ2) is 11.4. The van der Waals surface area contributed by atoms with E-state index >= 15 is 0 Å². The summed E-state index contributed by atoms with van der Waals surface area (Å²) in [5.41, 5.74) is 4.52. The number of alkyl carbamates (subject to hydrolysis) is 1. The predicted octanol–water partition coefficient (Wildman–Crippen LogP) is 4.83. The molecule has 9 heteroatoms. The largest absolute Gasteiger partial charge is 0.449 e. The standard InChI is InChI=1S/C27H31N5O3S/c1-17(20-7-5-4-6-8-20)11-25(33)30-26-23(13-28)22-10-9-19(12-24(22)36-26)16-35-27(34)29-14-21-15-32(3)31-18(21)2/h4-8,15,17,19H,9-12,14,16H2,1-3H3,(H,29,34)(H,30,33). The molecule has 2 amide bonds. The number of anilines is 1. The normalized spacial score (nSPS) is 15.4. The van der Waals surface area contributed by atoms with Crippen LogP contribution in [0.2, 0.25) is 0 Å². The van der Waals surface area contributed by atoms with Gasteiger partial charge < -0.3 is 15.4 Å². The highest BCUT2D eigenvalue weighted by Gasteiger charge is 2.27. The number of hydrogen-bond acceptors (Lipinski definition) is 6. The molecular formula is C27H31N5O3S. The minimum absolute atomic E-state index is 0.0843. The molecular weight excluding hydrogens is 474 g/mol. The van der Waals surface area contributed by atoms with Crippen molar-refractivity contribution in [2.24, 2.45) is 13.0 Å². The van der Waals surface area contributed by atoms with Crippen LogP contribution in [0.4, 0.5) is 9.80 Å². The molecule has 0 fully saturated rings. The van der Waals surface area contributed by atoms with Crippen molar-refractivity contribution in [3.8, 4) is 6.07 Å². The van der Waals surface area contributed by atoms with Crippen LogP contribution in [-0.2, 0) is 36.0 Å². The molecule has 0 saturated carbocycles. The number of carbonyl (C=O) groups excluding carboxylic acids is 2. The Kier molecular flexibility index (Phi) is 8.06. The number of amides is 2. The fraction of sp³-hybridized carbons (Fsp3) is 0.407. The summed E-state index contributed by atoms with van der Waals surface area (Å²) in [4.78, 5) is 26.0.